The molecule has 0 aliphatic heterocycles. The number of ether oxygens (including phenoxy) is 3. The summed E-state index contributed by atoms with van der Waals surface area (Å²) in [4.78, 5) is 10.3. The van der Waals surface area contributed by atoms with Gasteiger partial charge in [-0.15, -0.1) is 0 Å². The number of hydrogen-bond donors (Lipinski definition) is 1. The van der Waals surface area contributed by atoms with Gasteiger partial charge in [-0.3, -0.25) is 9.42 Å². The number of hydrogen-bond acceptors (Lipinski definition) is 6. The van der Waals surface area contributed by atoms with Crippen LogP contribution in [0.3, 0.4) is 0 Å². The van der Waals surface area contributed by atoms with E-state index in [0.29, 0.717) is 18.9 Å². The number of phosphoric acid groups is 1. The van der Waals surface area contributed by atoms with Crippen LogP contribution in [0.2, 0.25) is 0 Å². The molecule has 0 radical (unpaired) electrons. The fourth-order valence-electron chi connectivity index (χ4n) is 4.79. The molecule has 0 fully saturated rings. The third-order valence-electron chi connectivity index (χ3n) is 7.46. The average molecular weight is 629 g/mol. The largest absolute Gasteiger partial charge is 0.527 e. The number of phosphoric ester groups is 1. The molecule has 3 rings (SSSR count). The molecule has 1 heterocycles. The molecule has 0 saturated heterocycles. The van der Waals surface area contributed by atoms with Crippen LogP contribution in [0, 0.1) is 6.92 Å². The second-order valence-corrected chi connectivity index (χ2v) is 12.5. The Labute approximate surface area is 263 Å². The first-order chi connectivity index (χ1) is 21.4. The van der Waals surface area contributed by atoms with Gasteiger partial charge in [0.1, 0.15) is 30.0 Å². The maximum absolute atomic E-state index is 12.6. The topological polar surface area (TPSA) is 87.3 Å². The maximum atomic E-state index is 12.6. The van der Waals surface area contributed by atoms with E-state index in [0.717, 1.165) is 23.3 Å². The molecule has 44 heavy (non-hydrogen) atoms. The van der Waals surface area contributed by atoms with Gasteiger partial charge in [0.15, 0.2) is 18.9 Å². The monoisotopic (exact) mass is 628 g/mol. The molecule has 1 aromatic heterocycles. The molecule has 0 spiro atoms. The maximum Gasteiger partial charge on any atom is 0.527 e. The molecule has 0 aliphatic rings. The Morgan fingerprint density at radius 2 is 1.39 bits per heavy atom. The van der Waals surface area contributed by atoms with Crippen LogP contribution in [0.4, 0.5) is 0 Å². The molecule has 1 N–H and O–H groups in total. The molecule has 3 aromatic rings. The van der Waals surface area contributed by atoms with Gasteiger partial charge in [-0.1, -0.05) is 76.8 Å². The van der Waals surface area contributed by atoms with Gasteiger partial charge in [-0.05, 0) is 49.7 Å². The lowest BCUT2D eigenvalue weighted by molar-refractivity contribution is -0.688. The number of pyridine rings is 1. The number of unbranched alkanes of at least 4 members (excludes halogenated alkanes) is 9. The van der Waals surface area contributed by atoms with E-state index in [1.54, 1.807) is 12.1 Å². The van der Waals surface area contributed by atoms with Gasteiger partial charge < -0.3 is 18.7 Å². The molecule has 0 saturated carbocycles. The van der Waals surface area contributed by atoms with E-state index in [-0.39, 0.29) is 19.0 Å². The van der Waals surface area contributed by atoms with E-state index in [2.05, 4.69) is 6.92 Å². The summed E-state index contributed by atoms with van der Waals surface area (Å²) in [5, 5.41) is 0. The summed E-state index contributed by atoms with van der Waals surface area (Å²) in [7, 11) is -2.87. The number of benzene rings is 2. The van der Waals surface area contributed by atoms with Crippen LogP contribution < -0.4 is 18.6 Å². The smallest absolute Gasteiger partial charge is 0.493 e. The van der Waals surface area contributed by atoms with Crippen molar-refractivity contribution >= 4 is 7.82 Å². The Morgan fingerprint density at radius 3 is 2.02 bits per heavy atom. The van der Waals surface area contributed by atoms with Crippen molar-refractivity contribution < 1.29 is 37.3 Å². The van der Waals surface area contributed by atoms with Crippen LogP contribution in [0.1, 0.15) is 82.3 Å². The Bertz CT molecular complexity index is 1240. The average Bonchev–Trinajstić information content (AvgIpc) is 3.02. The number of methoxy groups -OCH3 is 1. The minimum atomic E-state index is -4.37. The summed E-state index contributed by atoms with van der Waals surface area (Å²) in [6.07, 6.45) is 16.2. The molecule has 2 unspecified atom stereocenters. The van der Waals surface area contributed by atoms with E-state index >= 15 is 0 Å². The highest BCUT2D eigenvalue weighted by Gasteiger charge is 2.26. The zero-order chi connectivity index (χ0) is 31.5. The van der Waals surface area contributed by atoms with Crippen molar-refractivity contribution in [3.8, 4) is 17.2 Å². The first kappa shape index (κ1) is 35.6. The molecule has 2 atom stereocenters. The zero-order valence-corrected chi connectivity index (χ0v) is 27.6. The van der Waals surface area contributed by atoms with Gasteiger partial charge in [-0.2, -0.15) is 0 Å². The Morgan fingerprint density at radius 1 is 0.773 bits per heavy atom. The molecule has 0 amide bonds. The summed E-state index contributed by atoms with van der Waals surface area (Å²) in [5.74, 6) is 1.71. The number of rotatable bonds is 23. The summed E-state index contributed by atoms with van der Waals surface area (Å²) in [5.41, 5.74) is 1.93. The fourth-order valence-corrected chi connectivity index (χ4v) is 5.58. The van der Waals surface area contributed by atoms with Gasteiger partial charge in [-0.25, -0.2) is 9.13 Å². The van der Waals surface area contributed by atoms with Crippen molar-refractivity contribution in [1.29, 1.82) is 0 Å². The SMILES string of the molecule is CCCCCCCCCCCCOc1cccc(OCC(COP(=O)(O)Oc2ccc(C[n+]3ccccc3)cc2)OC)c1C. The van der Waals surface area contributed by atoms with Crippen LogP contribution in [0.15, 0.2) is 73.1 Å². The van der Waals surface area contributed by atoms with E-state index in [1.807, 2.05) is 72.4 Å². The van der Waals surface area contributed by atoms with E-state index in [4.69, 9.17) is 23.3 Å². The van der Waals surface area contributed by atoms with E-state index < -0.39 is 13.9 Å². The minimum Gasteiger partial charge on any atom is -0.493 e. The second-order valence-electron chi connectivity index (χ2n) is 11.1. The van der Waals surface area contributed by atoms with Gasteiger partial charge in [0.05, 0.1) is 13.2 Å². The highest BCUT2D eigenvalue weighted by Crippen LogP contribution is 2.44. The van der Waals surface area contributed by atoms with Crippen molar-refractivity contribution in [1.82, 2.24) is 0 Å². The normalized spacial score (nSPS) is 13.3. The molecule has 9 heteroatoms. The van der Waals surface area contributed by atoms with Crippen molar-refractivity contribution in [3.05, 3.63) is 84.2 Å². The van der Waals surface area contributed by atoms with E-state index in [1.165, 1.54) is 64.9 Å². The summed E-state index contributed by atoms with van der Waals surface area (Å²) in [6, 6.07) is 18.6. The second kappa shape index (κ2) is 20.2. The molecule has 8 nitrogen and oxygen atoms in total. The van der Waals surface area contributed by atoms with Gasteiger partial charge in [0.25, 0.3) is 0 Å². The third kappa shape index (κ3) is 13.8. The third-order valence-corrected chi connectivity index (χ3v) is 8.37. The lowest BCUT2D eigenvalue weighted by Gasteiger charge is -2.20. The highest BCUT2D eigenvalue weighted by molar-refractivity contribution is 7.47. The molecular weight excluding hydrogens is 577 g/mol. The molecule has 0 bridgehead atoms. The summed E-state index contributed by atoms with van der Waals surface area (Å²) in [6.45, 7) is 5.52. The molecule has 2 aromatic carbocycles. The Balaban J connectivity index is 1.36. The highest BCUT2D eigenvalue weighted by atomic mass is 31.2. The first-order valence-electron chi connectivity index (χ1n) is 16.0. The van der Waals surface area contributed by atoms with Crippen molar-refractivity contribution in [2.45, 2.75) is 90.7 Å². The van der Waals surface area contributed by atoms with Crippen molar-refractivity contribution in [2.75, 3.05) is 26.9 Å². The standard InChI is InChI=1S/C35H50NO7P/c1-4-5-6-7-8-9-10-11-12-16-26-40-34-18-17-19-35(30(34)2)41-28-33(39-3)29-42-44(37,38)43-32-22-20-31(21-23-32)27-36-24-14-13-15-25-36/h13-15,17-25,33H,4-12,16,26-29H2,1-3H3/p+1. The number of nitrogens with zero attached hydrogens (tertiary/aromatic N) is 1. The minimum absolute atomic E-state index is 0.130. The molecule has 242 valence electrons. The Hall–Kier alpha value is -2.90. The van der Waals surface area contributed by atoms with Gasteiger partial charge >= 0.3 is 7.82 Å². The zero-order valence-electron chi connectivity index (χ0n) is 26.7. The van der Waals surface area contributed by atoms with Crippen LogP contribution in [-0.4, -0.2) is 37.9 Å². The lowest BCUT2D eigenvalue weighted by Crippen LogP contribution is -2.32. The first-order valence-corrected chi connectivity index (χ1v) is 17.5. The summed E-state index contributed by atoms with van der Waals surface area (Å²) < 4.78 is 42.6. The molecular formula is C35H51NO7P+. The van der Waals surface area contributed by atoms with Crippen LogP contribution in [0.25, 0.3) is 0 Å². The quantitative estimate of drug-likeness (QED) is 0.0643. The lowest BCUT2D eigenvalue weighted by atomic mass is 10.1. The van der Waals surface area contributed by atoms with E-state index in [9.17, 15) is 9.46 Å². The van der Waals surface area contributed by atoms with Crippen molar-refractivity contribution in [3.63, 3.8) is 0 Å². The van der Waals surface area contributed by atoms with Crippen LogP contribution in [0.5, 0.6) is 17.2 Å². The van der Waals surface area contributed by atoms with Gasteiger partial charge in [0, 0.05) is 30.4 Å². The Kier molecular flexibility index (Phi) is 16.3. The number of aromatic nitrogens is 1. The van der Waals surface area contributed by atoms with Crippen molar-refractivity contribution in [2.24, 2.45) is 0 Å². The van der Waals surface area contributed by atoms with Crippen LogP contribution >= 0.6 is 7.82 Å². The predicted octanol–water partition coefficient (Wildman–Crippen LogP) is 8.22. The fraction of sp³-hybridized carbons (Fsp3) is 0.514. The van der Waals surface area contributed by atoms with Crippen LogP contribution in [-0.2, 0) is 20.4 Å². The molecule has 0 aliphatic carbocycles. The summed E-state index contributed by atoms with van der Waals surface area (Å²) >= 11 is 0. The predicted molar refractivity (Wildman–Crippen MR) is 173 cm³/mol. The van der Waals surface area contributed by atoms with Gasteiger partial charge in [0.2, 0.25) is 0 Å².